The lowest BCUT2D eigenvalue weighted by Gasteiger charge is -2.33. The highest BCUT2D eigenvalue weighted by atomic mass is 32.2. The van der Waals surface area contributed by atoms with E-state index in [0.717, 1.165) is 57.3 Å². The average molecular weight is 422 g/mol. The summed E-state index contributed by atoms with van der Waals surface area (Å²) in [5.74, 6) is -0.0618. The Morgan fingerprint density at radius 1 is 0.931 bits per heavy atom. The molecule has 1 aromatic rings. The Labute approximate surface area is 175 Å². The summed E-state index contributed by atoms with van der Waals surface area (Å²) in [5, 5.41) is 0. The van der Waals surface area contributed by atoms with Gasteiger partial charge in [0, 0.05) is 46.0 Å². The SMILES string of the molecule is CN(C(=O)c1cc(S(=O)(=O)N(C)C)ccc1N1CCCCC1)C1CCCCCC1. The normalized spacial score (nSPS) is 19.2. The number of anilines is 1. The van der Waals surface area contributed by atoms with Gasteiger partial charge in [-0.2, -0.15) is 0 Å². The number of nitrogens with zero attached hydrogens (tertiary/aromatic N) is 3. The van der Waals surface area contributed by atoms with Gasteiger partial charge in [-0.1, -0.05) is 25.7 Å². The van der Waals surface area contributed by atoms with Crippen LogP contribution in [0.3, 0.4) is 0 Å². The molecular weight excluding hydrogens is 386 g/mol. The van der Waals surface area contributed by atoms with Crippen LogP contribution in [-0.4, -0.2) is 63.8 Å². The Kier molecular flexibility index (Phi) is 7.22. The number of amides is 1. The fraction of sp³-hybridized carbons (Fsp3) is 0.682. The molecule has 2 fully saturated rings. The fourth-order valence-electron chi connectivity index (χ4n) is 4.47. The number of hydrogen-bond donors (Lipinski definition) is 0. The van der Waals surface area contributed by atoms with Crippen LogP contribution in [0.15, 0.2) is 23.1 Å². The zero-order chi connectivity index (χ0) is 21.0. The van der Waals surface area contributed by atoms with Crippen LogP contribution >= 0.6 is 0 Å². The predicted octanol–water partition coefficient (Wildman–Crippen LogP) is 3.72. The van der Waals surface area contributed by atoms with Crippen LogP contribution in [0.25, 0.3) is 0 Å². The van der Waals surface area contributed by atoms with Crippen LogP contribution in [0, 0.1) is 0 Å². The number of sulfonamides is 1. The van der Waals surface area contributed by atoms with Crippen LogP contribution in [0.5, 0.6) is 0 Å². The molecule has 0 unspecified atom stereocenters. The summed E-state index contributed by atoms with van der Waals surface area (Å²) in [4.78, 5) is 17.8. The van der Waals surface area contributed by atoms with Gasteiger partial charge in [-0.3, -0.25) is 4.79 Å². The fourth-order valence-corrected chi connectivity index (χ4v) is 5.40. The second-order valence-electron chi connectivity index (χ2n) is 8.58. The molecule has 1 saturated heterocycles. The third kappa shape index (κ3) is 4.94. The molecule has 1 amide bonds. The van der Waals surface area contributed by atoms with E-state index in [1.807, 2.05) is 18.0 Å². The molecule has 0 bridgehead atoms. The minimum Gasteiger partial charge on any atom is -0.371 e. The Hall–Kier alpha value is -1.60. The predicted molar refractivity (Wildman–Crippen MR) is 117 cm³/mol. The molecule has 0 aromatic heterocycles. The van der Waals surface area contributed by atoms with Gasteiger partial charge in [0.1, 0.15) is 0 Å². The van der Waals surface area contributed by atoms with Gasteiger partial charge >= 0.3 is 0 Å². The summed E-state index contributed by atoms with van der Waals surface area (Å²) >= 11 is 0. The average Bonchev–Trinajstić information content (AvgIpc) is 3.02. The lowest BCUT2D eigenvalue weighted by molar-refractivity contribution is 0.0718. The van der Waals surface area contributed by atoms with Gasteiger partial charge in [0.2, 0.25) is 10.0 Å². The maximum Gasteiger partial charge on any atom is 0.255 e. The number of piperidine rings is 1. The monoisotopic (exact) mass is 421 g/mol. The molecule has 7 heteroatoms. The van der Waals surface area contributed by atoms with Gasteiger partial charge in [-0.05, 0) is 50.3 Å². The number of carbonyl (C=O) groups excluding carboxylic acids is 1. The van der Waals surface area contributed by atoms with Gasteiger partial charge in [0.25, 0.3) is 5.91 Å². The van der Waals surface area contributed by atoms with E-state index in [0.29, 0.717) is 5.56 Å². The smallest absolute Gasteiger partial charge is 0.255 e. The molecule has 1 aromatic carbocycles. The molecule has 162 valence electrons. The first-order valence-electron chi connectivity index (χ1n) is 10.9. The van der Waals surface area contributed by atoms with E-state index in [-0.39, 0.29) is 16.8 Å². The summed E-state index contributed by atoms with van der Waals surface area (Å²) in [7, 11) is 1.33. The first-order chi connectivity index (χ1) is 13.8. The van der Waals surface area contributed by atoms with E-state index in [1.165, 1.54) is 37.7 Å². The maximum atomic E-state index is 13.6. The van der Waals surface area contributed by atoms with Gasteiger partial charge in [0.15, 0.2) is 0 Å². The minimum absolute atomic E-state index is 0.0618. The lowest BCUT2D eigenvalue weighted by atomic mass is 10.0. The molecule has 6 nitrogen and oxygen atoms in total. The Morgan fingerprint density at radius 2 is 1.52 bits per heavy atom. The molecule has 0 spiro atoms. The zero-order valence-electron chi connectivity index (χ0n) is 18.1. The second-order valence-corrected chi connectivity index (χ2v) is 10.7. The maximum absolute atomic E-state index is 13.6. The third-order valence-corrected chi connectivity index (χ3v) is 8.18. The summed E-state index contributed by atoms with van der Waals surface area (Å²) in [6.45, 7) is 1.82. The molecule has 1 aliphatic carbocycles. The lowest BCUT2D eigenvalue weighted by Crippen LogP contribution is -2.38. The first-order valence-corrected chi connectivity index (χ1v) is 12.3. The van der Waals surface area contributed by atoms with E-state index < -0.39 is 10.0 Å². The van der Waals surface area contributed by atoms with E-state index in [9.17, 15) is 13.2 Å². The van der Waals surface area contributed by atoms with E-state index in [4.69, 9.17) is 0 Å². The van der Waals surface area contributed by atoms with Crippen molar-refractivity contribution in [1.29, 1.82) is 0 Å². The molecule has 1 saturated carbocycles. The molecule has 0 N–H and O–H groups in total. The van der Waals surface area contributed by atoms with E-state index in [2.05, 4.69) is 4.90 Å². The molecule has 29 heavy (non-hydrogen) atoms. The zero-order valence-corrected chi connectivity index (χ0v) is 18.9. The summed E-state index contributed by atoms with van der Waals surface area (Å²) in [5.41, 5.74) is 1.38. The highest BCUT2D eigenvalue weighted by Crippen LogP contribution is 2.30. The summed E-state index contributed by atoms with van der Waals surface area (Å²) < 4.78 is 26.6. The van der Waals surface area contributed by atoms with Crippen molar-refractivity contribution >= 4 is 21.6 Å². The van der Waals surface area contributed by atoms with Crippen LogP contribution in [0.2, 0.25) is 0 Å². The van der Waals surface area contributed by atoms with Crippen molar-refractivity contribution in [2.45, 2.75) is 68.7 Å². The molecule has 0 radical (unpaired) electrons. The van der Waals surface area contributed by atoms with Crippen molar-refractivity contribution in [3.63, 3.8) is 0 Å². The number of benzene rings is 1. The van der Waals surface area contributed by atoms with Gasteiger partial charge < -0.3 is 9.80 Å². The van der Waals surface area contributed by atoms with Crippen LogP contribution in [0.4, 0.5) is 5.69 Å². The highest BCUT2D eigenvalue weighted by molar-refractivity contribution is 7.89. The van der Waals surface area contributed by atoms with Crippen molar-refractivity contribution < 1.29 is 13.2 Å². The largest absolute Gasteiger partial charge is 0.371 e. The first kappa shape index (κ1) is 22.1. The molecule has 3 rings (SSSR count). The Balaban J connectivity index is 1.98. The van der Waals surface area contributed by atoms with Crippen LogP contribution < -0.4 is 4.90 Å². The van der Waals surface area contributed by atoms with Crippen molar-refractivity contribution in [1.82, 2.24) is 9.21 Å². The summed E-state index contributed by atoms with van der Waals surface area (Å²) in [6, 6.07) is 5.29. The molecule has 1 aliphatic heterocycles. The van der Waals surface area contributed by atoms with Crippen molar-refractivity contribution in [3.05, 3.63) is 23.8 Å². The Bertz CT molecular complexity index is 809. The molecular formula is C22H35N3O3S. The minimum atomic E-state index is -3.59. The van der Waals surface area contributed by atoms with Crippen molar-refractivity contribution in [2.24, 2.45) is 0 Å². The highest BCUT2D eigenvalue weighted by Gasteiger charge is 2.28. The van der Waals surface area contributed by atoms with E-state index in [1.54, 1.807) is 12.1 Å². The van der Waals surface area contributed by atoms with Gasteiger partial charge in [0.05, 0.1) is 10.5 Å². The Morgan fingerprint density at radius 3 is 2.10 bits per heavy atom. The standard InChI is InChI=1S/C22H35N3O3S/c1-23(2)29(27,28)19-13-14-21(25-15-9-6-10-16-25)20(17-19)22(26)24(3)18-11-7-4-5-8-12-18/h13-14,17-18H,4-12,15-16H2,1-3H3. The summed E-state index contributed by atoms with van der Waals surface area (Å²) in [6.07, 6.45) is 10.2. The van der Waals surface area contributed by atoms with Crippen molar-refractivity contribution in [3.8, 4) is 0 Å². The topological polar surface area (TPSA) is 60.9 Å². The second kappa shape index (κ2) is 9.47. The number of hydrogen-bond acceptors (Lipinski definition) is 4. The van der Waals surface area contributed by atoms with E-state index >= 15 is 0 Å². The number of rotatable bonds is 5. The number of carbonyl (C=O) groups is 1. The third-order valence-electron chi connectivity index (χ3n) is 6.37. The van der Waals surface area contributed by atoms with Crippen molar-refractivity contribution in [2.75, 3.05) is 39.1 Å². The quantitative estimate of drug-likeness (QED) is 0.680. The molecule has 1 heterocycles. The van der Waals surface area contributed by atoms with Gasteiger partial charge in [-0.15, -0.1) is 0 Å². The molecule has 2 aliphatic rings. The van der Waals surface area contributed by atoms with Crippen LogP contribution in [0.1, 0.15) is 68.1 Å². The van der Waals surface area contributed by atoms with Gasteiger partial charge in [-0.25, -0.2) is 12.7 Å². The molecule has 0 atom stereocenters. The van der Waals surface area contributed by atoms with Crippen LogP contribution in [-0.2, 0) is 10.0 Å².